The van der Waals surface area contributed by atoms with E-state index in [0.717, 1.165) is 5.69 Å². The van der Waals surface area contributed by atoms with Gasteiger partial charge in [0.25, 0.3) is 0 Å². The molecule has 0 radical (unpaired) electrons. The fourth-order valence-electron chi connectivity index (χ4n) is 1.90. The van der Waals surface area contributed by atoms with Crippen LogP contribution in [0.15, 0.2) is 53.4 Å². The lowest BCUT2D eigenvalue weighted by Gasteiger charge is -2.16. The number of hydrogen-bond acceptors (Lipinski definition) is 3. The lowest BCUT2D eigenvalue weighted by molar-refractivity contribution is 0.883. The van der Waals surface area contributed by atoms with E-state index in [1.54, 1.807) is 11.8 Å². The Kier molecular flexibility index (Phi) is 4.48. The van der Waals surface area contributed by atoms with Gasteiger partial charge >= 0.3 is 0 Å². The molecule has 0 saturated carbocycles. The van der Waals surface area contributed by atoms with Crippen molar-refractivity contribution in [2.45, 2.75) is 17.9 Å². The molecule has 1 N–H and O–H groups in total. The molecule has 19 heavy (non-hydrogen) atoms. The Labute approximate surface area is 118 Å². The number of nitriles is 1. The van der Waals surface area contributed by atoms with Gasteiger partial charge in [-0.2, -0.15) is 5.26 Å². The molecule has 2 aromatic rings. The summed E-state index contributed by atoms with van der Waals surface area (Å²) in [5.74, 6) is 0. The summed E-state index contributed by atoms with van der Waals surface area (Å²) in [6, 6.07) is 18.4. The fourth-order valence-corrected chi connectivity index (χ4v) is 2.31. The maximum absolute atomic E-state index is 8.89. The van der Waals surface area contributed by atoms with Crippen LogP contribution >= 0.6 is 11.8 Å². The molecule has 0 aliphatic heterocycles. The molecular formula is C16H16N2S. The van der Waals surface area contributed by atoms with Gasteiger partial charge in [-0.1, -0.05) is 18.2 Å². The van der Waals surface area contributed by atoms with Crippen LogP contribution < -0.4 is 5.32 Å². The number of hydrogen-bond donors (Lipinski definition) is 1. The summed E-state index contributed by atoms with van der Waals surface area (Å²) in [5, 5.41) is 12.3. The molecule has 2 rings (SSSR count). The van der Waals surface area contributed by atoms with E-state index >= 15 is 0 Å². The molecule has 0 fully saturated rings. The summed E-state index contributed by atoms with van der Waals surface area (Å²) in [6.07, 6.45) is 2.07. The summed E-state index contributed by atoms with van der Waals surface area (Å²) in [5.41, 5.74) is 2.88. The summed E-state index contributed by atoms with van der Waals surface area (Å²) < 4.78 is 0. The minimum absolute atomic E-state index is 0.213. The SMILES string of the molecule is CSc1ccc(C(C)Nc2cccc(C#N)c2)cc1. The van der Waals surface area contributed by atoms with E-state index in [-0.39, 0.29) is 6.04 Å². The van der Waals surface area contributed by atoms with Gasteiger partial charge in [0, 0.05) is 16.6 Å². The lowest BCUT2D eigenvalue weighted by atomic mass is 10.1. The molecule has 1 atom stereocenters. The normalized spacial score (nSPS) is 11.6. The number of thioether (sulfide) groups is 1. The molecule has 0 spiro atoms. The van der Waals surface area contributed by atoms with Crippen molar-refractivity contribution in [2.24, 2.45) is 0 Å². The third kappa shape index (κ3) is 3.52. The Morgan fingerprint density at radius 2 is 1.89 bits per heavy atom. The topological polar surface area (TPSA) is 35.8 Å². The van der Waals surface area contributed by atoms with E-state index in [1.807, 2.05) is 24.3 Å². The highest BCUT2D eigenvalue weighted by Gasteiger charge is 2.05. The zero-order valence-electron chi connectivity index (χ0n) is 11.1. The highest BCUT2D eigenvalue weighted by molar-refractivity contribution is 7.98. The van der Waals surface area contributed by atoms with Crippen LogP contribution in [0.4, 0.5) is 5.69 Å². The summed E-state index contributed by atoms with van der Waals surface area (Å²) in [7, 11) is 0. The fraction of sp³-hybridized carbons (Fsp3) is 0.188. The first-order valence-electron chi connectivity index (χ1n) is 6.13. The second-order valence-corrected chi connectivity index (χ2v) is 5.21. The van der Waals surface area contributed by atoms with Crippen LogP contribution in [-0.4, -0.2) is 6.26 Å². The molecule has 3 heteroatoms. The average Bonchev–Trinajstić information content (AvgIpc) is 2.47. The van der Waals surface area contributed by atoms with Crippen LogP contribution in [0.2, 0.25) is 0 Å². The van der Waals surface area contributed by atoms with Gasteiger partial charge < -0.3 is 5.32 Å². The van der Waals surface area contributed by atoms with E-state index in [1.165, 1.54) is 10.5 Å². The van der Waals surface area contributed by atoms with E-state index in [0.29, 0.717) is 5.56 Å². The van der Waals surface area contributed by atoms with Crippen LogP contribution in [0.1, 0.15) is 24.1 Å². The molecule has 0 aromatic heterocycles. The van der Waals surface area contributed by atoms with Crippen molar-refractivity contribution in [3.8, 4) is 6.07 Å². The van der Waals surface area contributed by atoms with Crippen LogP contribution in [0.25, 0.3) is 0 Å². The van der Waals surface area contributed by atoms with Gasteiger partial charge in [0.05, 0.1) is 11.6 Å². The summed E-state index contributed by atoms with van der Waals surface area (Å²) >= 11 is 1.74. The zero-order valence-corrected chi connectivity index (χ0v) is 11.9. The standard InChI is InChI=1S/C16H16N2S/c1-12(14-6-8-16(19-2)9-7-14)18-15-5-3-4-13(10-15)11-17/h3-10,12,18H,1-2H3. The first-order chi connectivity index (χ1) is 9.22. The molecule has 96 valence electrons. The van der Waals surface area contributed by atoms with Crippen molar-refractivity contribution in [3.05, 3.63) is 59.7 Å². The van der Waals surface area contributed by atoms with Crippen molar-refractivity contribution in [1.82, 2.24) is 0 Å². The Morgan fingerprint density at radius 3 is 2.53 bits per heavy atom. The van der Waals surface area contributed by atoms with Gasteiger partial charge in [-0.3, -0.25) is 0 Å². The van der Waals surface area contributed by atoms with Crippen molar-refractivity contribution >= 4 is 17.4 Å². The average molecular weight is 268 g/mol. The van der Waals surface area contributed by atoms with Gasteiger partial charge in [0.1, 0.15) is 0 Å². The Bertz CT molecular complexity index is 584. The first-order valence-corrected chi connectivity index (χ1v) is 7.36. The van der Waals surface area contributed by atoms with Crippen LogP contribution in [0.3, 0.4) is 0 Å². The van der Waals surface area contributed by atoms with Crippen molar-refractivity contribution in [1.29, 1.82) is 5.26 Å². The van der Waals surface area contributed by atoms with Gasteiger partial charge in [-0.15, -0.1) is 11.8 Å². The van der Waals surface area contributed by atoms with E-state index < -0.39 is 0 Å². The molecule has 0 aliphatic carbocycles. The van der Waals surface area contributed by atoms with Crippen molar-refractivity contribution in [3.63, 3.8) is 0 Å². The Morgan fingerprint density at radius 1 is 1.16 bits per heavy atom. The summed E-state index contributed by atoms with van der Waals surface area (Å²) in [6.45, 7) is 2.12. The van der Waals surface area contributed by atoms with Crippen LogP contribution in [0.5, 0.6) is 0 Å². The first kappa shape index (κ1) is 13.5. The van der Waals surface area contributed by atoms with E-state index in [4.69, 9.17) is 5.26 Å². The largest absolute Gasteiger partial charge is 0.378 e. The molecule has 0 aliphatic rings. The number of rotatable bonds is 4. The number of nitrogens with one attached hydrogen (secondary N) is 1. The van der Waals surface area contributed by atoms with Gasteiger partial charge in [-0.05, 0) is 49.1 Å². The highest BCUT2D eigenvalue weighted by Crippen LogP contribution is 2.22. The van der Waals surface area contributed by atoms with Gasteiger partial charge in [0.2, 0.25) is 0 Å². The lowest BCUT2D eigenvalue weighted by Crippen LogP contribution is -2.06. The van der Waals surface area contributed by atoms with Crippen molar-refractivity contribution < 1.29 is 0 Å². The molecular weight excluding hydrogens is 252 g/mol. The zero-order chi connectivity index (χ0) is 13.7. The van der Waals surface area contributed by atoms with Gasteiger partial charge in [-0.25, -0.2) is 0 Å². The predicted molar refractivity (Wildman–Crippen MR) is 81.4 cm³/mol. The molecule has 0 saturated heterocycles. The minimum Gasteiger partial charge on any atom is -0.378 e. The maximum atomic E-state index is 8.89. The second-order valence-electron chi connectivity index (χ2n) is 4.33. The smallest absolute Gasteiger partial charge is 0.0992 e. The number of anilines is 1. The van der Waals surface area contributed by atoms with Crippen LogP contribution in [0, 0.1) is 11.3 Å². The highest BCUT2D eigenvalue weighted by atomic mass is 32.2. The predicted octanol–water partition coefficient (Wildman–Crippen LogP) is 4.45. The Hall–Kier alpha value is -1.92. The quantitative estimate of drug-likeness (QED) is 0.832. The molecule has 2 aromatic carbocycles. The molecule has 1 unspecified atom stereocenters. The number of nitrogens with zero attached hydrogens (tertiary/aromatic N) is 1. The van der Waals surface area contributed by atoms with Crippen molar-refractivity contribution in [2.75, 3.05) is 11.6 Å². The van der Waals surface area contributed by atoms with E-state index in [2.05, 4.69) is 48.8 Å². The maximum Gasteiger partial charge on any atom is 0.0992 e. The summed E-state index contributed by atoms with van der Waals surface area (Å²) in [4.78, 5) is 1.27. The molecule has 0 amide bonds. The Balaban J connectivity index is 2.11. The van der Waals surface area contributed by atoms with Gasteiger partial charge in [0.15, 0.2) is 0 Å². The molecule has 0 bridgehead atoms. The van der Waals surface area contributed by atoms with E-state index in [9.17, 15) is 0 Å². The second kappa shape index (κ2) is 6.31. The minimum atomic E-state index is 0.213. The van der Waals surface area contributed by atoms with Crippen LogP contribution in [-0.2, 0) is 0 Å². The molecule has 2 nitrogen and oxygen atoms in total. The number of benzene rings is 2. The third-order valence-electron chi connectivity index (χ3n) is 2.99. The third-order valence-corrected chi connectivity index (χ3v) is 3.73. The monoisotopic (exact) mass is 268 g/mol. The molecule has 0 heterocycles.